The number of aliphatic hydroxyl groups is 3. The van der Waals surface area contributed by atoms with Gasteiger partial charge < -0.3 is 30.6 Å². The highest BCUT2D eigenvalue weighted by atomic mass is 16.4. The molecule has 0 aromatic heterocycles. The quantitative estimate of drug-likeness (QED) is 0.0257. The first-order valence-corrected chi connectivity index (χ1v) is 26.6. The maximum Gasteiger partial charge on any atom is 0.303 e. The van der Waals surface area contributed by atoms with Crippen molar-refractivity contribution in [1.82, 2.24) is 0 Å². The van der Waals surface area contributed by atoms with Crippen molar-refractivity contribution in [3.05, 3.63) is 72.9 Å². The van der Waals surface area contributed by atoms with Crippen LogP contribution < -0.4 is 0 Å². The van der Waals surface area contributed by atoms with Gasteiger partial charge in [0.15, 0.2) is 0 Å². The molecule has 0 fully saturated rings. The zero-order valence-corrected chi connectivity index (χ0v) is 42.8. The molecule has 9 heteroatoms. The Morgan fingerprint density at radius 2 is 0.515 bits per heavy atom. The molecule has 0 aliphatic carbocycles. The molecule has 0 rings (SSSR count). The van der Waals surface area contributed by atoms with Gasteiger partial charge in [-0.05, 0) is 116 Å². The summed E-state index contributed by atoms with van der Waals surface area (Å²) in [6.07, 6.45) is 65.9. The lowest BCUT2D eigenvalue weighted by atomic mass is 10.1. The van der Waals surface area contributed by atoms with Crippen molar-refractivity contribution in [3.8, 4) is 0 Å². The number of allylic oxidation sites excluding steroid dienone is 12. The van der Waals surface area contributed by atoms with E-state index in [1.54, 1.807) is 0 Å². The summed E-state index contributed by atoms with van der Waals surface area (Å²) in [6, 6.07) is 0. The topological polar surface area (TPSA) is 173 Å². The molecule has 0 bridgehead atoms. The summed E-state index contributed by atoms with van der Waals surface area (Å²) in [5.74, 6) is -2.01. The van der Waals surface area contributed by atoms with Gasteiger partial charge in [0, 0.05) is 19.3 Å². The average Bonchev–Trinajstić information content (AvgIpc) is 3.30. The summed E-state index contributed by atoms with van der Waals surface area (Å²) in [4.78, 5) is 31.0. The van der Waals surface area contributed by atoms with Gasteiger partial charge >= 0.3 is 17.9 Å². The minimum absolute atomic E-state index is 0.324. The summed E-state index contributed by atoms with van der Waals surface area (Å²) in [7, 11) is 0. The molecule has 0 atom stereocenters. The Kier molecular flexibility index (Phi) is 69.3. The van der Waals surface area contributed by atoms with E-state index < -0.39 is 24.0 Å². The highest BCUT2D eigenvalue weighted by Crippen LogP contribution is 2.11. The summed E-state index contributed by atoms with van der Waals surface area (Å²) in [6.45, 7) is 5.98. The normalized spacial score (nSPS) is 11.5. The molecule has 0 amide bonds. The van der Waals surface area contributed by atoms with Gasteiger partial charge in [-0.15, -0.1) is 0 Å². The van der Waals surface area contributed by atoms with Gasteiger partial charge in [0.05, 0.1) is 13.2 Å². The second-order valence-corrected chi connectivity index (χ2v) is 17.1. The Labute approximate surface area is 405 Å². The van der Waals surface area contributed by atoms with Crippen molar-refractivity contribution in [1.29, 1.82) is 0 Å². The second kappa shape index (κ2) is 66.0. The van der Waals surface area contributed by atoms with Crippen molar-refractivity contribution in [2.24, 2.45) is 0 Å². The van der Waals surface area contributed by atoms with E-state index >= 15 is 0 Å². The van der Waals surface area contributed by atoms with Crippen LogP contribution in [0.15, 0.2) is 72.9 Å². The average molecular weight is 933 g/mol. The Morgan fingerprint density at radius 1 is 0.318 bits per heavy atom. The van der Waals surface area contributed by atoms with Crippen LogP contribution in [0.25, 0.3) is 0 Å². The Morgan fingerprint density at radius 3 is 0.697 bits per heavy atom. The third-order valence-corrected chi connectivity index (χ3v) is 10.4. The van der Waals surface area contributed by atoms with E-state index in [1.165, 1.54) is 135 Å². The number of unbranched alkanes of at least 4 members (excludes halogenated alkanes) is 24. The molecule has 0 unspecified atom stereocenters. The monoisotopic (exact) mass is 933 g/mol. The van der Waals surface area contributed by atoms with Crippen LogP contribution in [0.1, 0.15) is 252 Å². The third-order valence-electron chi connectivity index (χ3n) is 10.4. The van der Waals surface area contributed by atoms with Gasteiger partial charge in [0.25, 0.3) is 0 Å². The van der Waals surface area contributed by atoms with Crippen molar-refractivity contribution < 1.29 is 45.0 Å². The van der Waals surface area contributed by atoms with Crippen molar-refractivity contribution in [2.75, 3.05) is 13.2 Å². The predicted molar refractivity (Wildman–Crippen MR) is 281 cm³/mol. The largest absolute Gasteiger partial charge is 0.481 e. The minimum atomic E-state index is -0.954. The number of carboxylic acids is 3. The van der Waals surface area contributed by atoms with Gasteiger partial charge in [-0.3, -0.25) is 14.4 Å². The Bertz CT molecular complexity index is 1020. The van der Waals surface area contributed by atoms with E-state index in [-0.39, 0.29) is 13.2 Å². The fourth-order valence-corrected chi connectivity index (χ4v) is 6.32. The van der Waals surface area contributed by atoms with E-state index in [0.717, 1.165) is 77.0 Å². The van der Waals surface area contributed by atoms with Crippen LogP contribution in [0.5, 0.6) is 0 Å². The molecule has 0 aliphatic heterocycles. The molecule has 386 valence electrons. The smallest absolute Gasteiger partial charge is 0.303 e. The molecular weight excluding hydrogens is 829 g/mol. The van der Waals surface area contributed by atoms with Crippen molar-refractivity contribution >= 4 is 17.9 Å². The third kappa shape index (κ3) is 81.0. The molecule has 0 aromatic carbocycles. The molecule has 0 saturated carbocycles. The zero-order valence-electron chi connectivity index (χ0n) is 42.8. The summed E-state index contributed by atoms with van der Waals surface area (Å²) in [5.41, 5.74) is 0. The molecule has 0 saturated heterocycles. The summed E-state index contributed by atoms with van der Waals surface area (Å²) in [5, 5.41) is 49.5. The molecule has 0 spiro atoms. The number of carboxylic acid groups (broad SMARTS) is 3. The Hall–Kier alpha value is -3.27. The van der Waals surface area contributed by atoms with Gasteiger partial charge in [-0.25, -0.2) is 0 Å². The zero-order chi connectivity index (χ0) is 49.7. The SMILES string of the molecule is CCCCCC=CCC=CCCCCCCCC(=O)O.CCCCCC=CCC=CCCCCCCCC(=O)O.CCCCCC=CCC=CCCCCCCCC(=O)O.OCC(O)CO. The number of hydrogen-bond acceptors (Lipinski definition) is 6. The van der Waals surface area contributed by atoms with Crippen molar-refractivity contribution in [2.45, 2.75) is 258 Å². The van der Waals surface area contributed by atoms with Gasteiger partial charge in [-0.2, -0.15) is 0 Å². The van der Waals surface area contributed by atoms with Crippen LogP contribution in [-0.2, 0) is 14.4 Å². The molecular formula is C57H104O9. The van der Waals surface area contributed by atoms with E-state index in [2.05, 4.69) is 93.7 Å². The van der Waals surface area contributed by atoms with Crippen LogP contribution >= 0.6 is 0 Å². The lowest BCUT2D eigenvalue weighted by molar-refractivity contribution is -0.138. The van der Waals surface area contributed by atoms with Crippen LogP contribution in [0, 0.1) is 0 Å². The van der Waals surface area contributed by atoms with Crippen LogP contribution in [0.4, 0.5) is 0 Å². The summed E-state index contributed by atoms with van der Waals surface area (Å²) < 4.78 is 0. The fraction of sp³-hybridized carbons (Fsp3) is 0.737. The molecule has 0 aromatic rings. The Balaban J connectivity index is -0.000000410. The number of rotatable bonds is 44. The number of carbonyl (C=O) groups is 3. The first kappa shape index (κ1) is 69.3. The highest BCUT2D eigenvalue weighted by Gasteiger charge is 1.98. The minimum Gasteiger partial charge on any atom is -0.481 e. The second-order valence-electron chi connectivity index (χ2n) is 17.1. The van der Waals surface area contributed by atoms with Crippen LogP contribution in [0.3, 0.4) is 0 Å². The van der Waals surface area contributed by atoms with E-state index in [1.807, 2.05) is 0 Å². The maximum atomic E-state index is 10.3. The van der Waals surface area contributed by atoms with Gasteiger partial charge in [0.1, 0.15) is 6.10 Å². The molecule has 0 aliphatic rings. The first-order chi connectivity index (χ1) is 32.1. The molecule has 6 N–H and O–H groups in total. The van der Waals surface area contributed by atoms with Gasteiger partial charge in [0.2, 0.25) is 0 Å². The van der Waals surface area contributed by atoms with Crippen LogP contribution in [0.2, 0.25) is 0 Å². The van der Waals surface area contributed by atoms with E-state index in [0.29, 0.717) is 19.3 Å². The molecule has 0 heterocycles. The first-order valence-electron chi connectivity index (χ1n) is 26.6. The lowest BCUT2D eigenvalue weighted by Crippen LogP contribution is -2.15. The van der Waals surface area contributed by atoms with Crippen LogP contribution in [-0.4, -0.2) is 67.9 Å². The predicted octanol–water partition coefficient (Wildman–Crippen LogP) is 16.0. The standard InChI is InChI=1S/3C18H32O2.C3H8O3/c3*1-2-3-4-5-6-7-8-9-10-11-12-13-14-15-16-17-18(19)20;4-1-3(6)2-5/h3*6-7,9-10H,2-5,8,11-17H2,1H3,(H,19,20);3-6H,1-2H2. The van der Waals surface area contributed by atoms with Gasteiger partial charge in [-0.1, -0.05) is 190 Å². The summed E-state index contributed by atoms with van der Waals surface area (Å²) >= 11 is 0. The van der Waals surface area contributed by atoms with E-state index in [4.69, 9.17) is 30.6 Å². The van der Waals surface area contributed by atoms with Crippen molar-refractivity contribution in [3.63, 3.8) is 0 Å². The number of aliphatic carboxylic acids is 3. The highest BCUT2D eigenvalue weighted by molar-refractivity contribution is 5.67. The maximum absolute atomic E-state index is 10.3. The molecule has 66 heavy (non-hydrogen) atoms. The number of aliphatic hydroxyl groups excluding tert-OH is 3. The molecule has 0 radical (unpaired) electrons. The number of hydrogen-bond donors (Lipinski definition) is 6. The van der Waals surface area contributed by atoms with E-state index in [9.17, 15) is 14.4 Å². The fourth-order valence-electron chi connectivity index (χ4n) is 6.32. The lowest BCUT2D eigenvalue weighted by Gasteiger charge is -1.98. The molecule has 9 nitrogen and oxygen atoms in total.